The van der Waals surface area contributed by atoms with Crippen molar-refractivity contribution in [3.8, 4) is 11.6 Å². The monoisotopic (exact) mass is 402 g/mol. The maximum atomic E-state index is 13.3. The van der Waals surface area contributed by atoms with E-state index in [4.69, 9.17) is 4.74 Å². The molecule has 4 rings (SSSR count). The summed E-state index contributed by atoms with van der Waals surface area (Å²) in [6.45, 7) is 2.41. The number of ether oxygens (including phenoxy) is 1. The lowest BCUT2D eigenvalue weighted by molar-refractivity contribution is 0.0751. The Balaban J connectivity index is 1.41. The van der Waals surface area contributed by atoms with Gasteiger partial charge in [-0.25, -0.2) is 18.7 Å². The van der Waals surface area contributed by atoms with Crippen LogP contribution >= 0.6 is 11.3 Å². The molecule has 1 saturated heterocycles. The molecule has 0 N–H and O–H groups in total. The number of carbonyl (C=O) groups excluding carboxylic acids is 1. The van der Waals surface area contributed by atoms with E-state index in [1.807, 2.05) is 27.3 Å². The molecule has 0 aliphatic carbocycles. The summed E-state index contributed by atoms with van der Waals surface area (Å²) < 4.78 is 31.9. The zero-order valence-electron chi connectivity index (χ0n) is 14.7. The van der Waals surface area contributed by atoms with Crippen LogP contribution in [0.3, 0.4) is 0 Å². The molecule has 3 heterocycles. The molecule has 6 nitrogen and oxygen atoms in total. The van der Waals surface area contributed by atoms with Gasteiger partial charge in [0.1, 0.15) is 17.9 Å². The van der Waals surface area contributed by atoms with E-state index in [0.29, 0.717) is 32.0 Å². The molecule has 1 fully saturated rings. The van der Waals surface area contributed by atoms with Crippen molar-refractivity contribution in [1.29, 1.82) is 0 Å². The van der Waals surface area contributed by atoms with Crippen molar-refractivity contribution in [3.05, 3.63) is 64.6 Å². The molecular weight excluding hydrogens is 386 g/mol. The average Bonchev–Trinajstić information content (AvgIpc) is 3.25. The van der Waals surface area contributed by atoms with E-state index in [2.05, 4.69) is 9.97 Å². The third kappa shape index (κ3) is 3.94. The highest BCUT2D eigenvalue weighted by Gasteiger charge is 2.23. The number of hydrogen-bond acceptors (Lipinski definition) is 6. The van der Waals surface area contributed by atoms with Crippen molar-refractivity contribution in [2.75, 3.05) is 31.1 Å². The van der Waals surface area contributed by atoms with E-state index in [0.717, 1.165) is 17.0 Å². The normalized spacial score (nSPS) is 14.2. The fourth-order valence-electron chi connectivity index (χ4n) is 2.91. The molecule has 0 spiro atoms. The number of piperazine rings is 1. The molecule has 3 aromatic rings. The molecule has 0 radical (unpaired) electrons. The lowest BCUT2D eigenvalue weighted by Crippen LogP contribution is -2.48. The maximum absolute atomic E-state index is 13.3. The minimum absolute atomic E-state index is 0.0414. The number of hydrogen-bond donors (Lipinski definition) is 0. The molecule has 0 unspecified atom stereocenters. The van der Waals surface area contributed by atoms with Crippen molar-refractivity contribution in [2.24, 2.45) is 0 Å². The highest BCUT2D eigenvalue weighted by atomic mass is 32.1. The Hall–Kier alpha value is -3.07. The number of aromatic nitrogens is 2. The van der Waals surface area contributed by atoms with Gasteiger partial charge in [0, 0.05) is 38.3 Å². The van der Waals surface area contributed by atoms with Crippen LogP contribution in [0.25, 0.3) is 0 Å². The minimum atomic E-state index is -0.988. The molecule has 1 aromatic carbocycles. The van der Waals surface area contributed by atoms with Gasteiger partial charge >= 0.3 is 0 Å². The molecule has 28 heavy (non-hydrogen) atoms. The van der Waals surface area contributed by atoms with Crippen LogP contribution in [0.2, 0.25) is 0 Å². The molecular formula is C19H16F2N4O2S. The Morgan fingerprint density at radius 3 is 2.57 bits per heavy atom. The second kappa shape index (κ2) is 7.89. The lowest BCUT2D eigenvalue weighted by Gasteiger charge is -2.35. The number of rotatable bonds is 4. The fourth-order valence-corrected chi connectivity index (χ4v) is 3.61. The second-order valence-electron chi connectivity index (χ2n) is 6.15. The molecule has 2 aromatic heterocycles. The summed E-state index contributed by atoms with van der Waals surface area (Å²) in [5.74, 6) is -0.859. The summed E-state index contributed by atoms with van der Waals surface area (Å²) in [5, 5.41) is 1.89. The summed E-state index contributed by atoms with van der Waals surface area (Å²) in [7, 11) is 0. The zero-order valence-corrected chi connectivity index (χ0v) is 15.5. The number of amides is 1. The highest BCUT2D eigenvalue weighted by Crippen LogP contribution is 2.24. The third-order valence-corrected chi connectivity index (χ3v) is 5.22. The largest absolute Gasteiger partial charge is 0.439 e. The van der Waals surface area contributed by atoms with Gasteiger partial charge in [-0.05, 0) is 23.6 Å². The molecule has 0 atom stereocenters. The highest BCUT2D eigenvalue weighted by molar-refractivity contribution is 7.12. The molecule has 9 heteroatoms. The number of halogens is 2. The Kier molecular flexibility index (Phi) is 5.16. The van der Waals surface area contributed by atoms with Crippen molar-refractivity contribution in [3.63, 3.8) is 0 Å². The smallest absolute Gasteiger partial charge is 0.264 e. The Morgan fingerprint density at radius 1 is 1.04 bits per heavy atom. The second-order valence-corrected chi connectivity index (χ2v) is 7.10. The van der Waals surface area contributed by atoms with Crippen LogP contribution in [0, 0.1) is 11.6 Å². The van der Waals surface area contributed by atoms with E-state index in [1.165, 1.54) is 23.7 Å². The van der Waals surface area contributed by atoms with Gasteiger partial charge in [-0.2, -0.15) is 0 Å². The van der Waals surface area contributed by atoms with Crippen LogP contribution in [0.5, 0.6) is 11.6 Å². The summed E-state index contributed by atoms with van der Waals surface area (Å²) in [6, 6.07) is 8.62. The Labute approximate surface area is 164 Å². The molecule has 144 valence electrons. The summed E-state index contributed by atoms with van der Waals surface area (Å²) in [6.07, 6.45) is 1.35. The van der Waals surface area contributed by atoms with Crippen LogP contribution in [0.1, 0.15) is 9.67 Å². The van der Waals surface area contributed by atoms with E-state index in [9.17, 15) is 13.6 Å². The summed E-state index contributed by atoms with van der Waals surface area (Å²) in [5.41, 5.74) is 0. The maximum Gasteiger partial charge on any atom is 0.264 e. The topological polar surface area (TPSA) is 58.6 Å². The van der Waals surface area contributed by atoms with Crippen LogP contribution in [0.4, 0.5) is 14.6 Å². The lowest BCUT2D eigenvalue weighted by atomic mass is 10.3. The minimum Gasteiger partial charge on any atom is -0.439 e. The summed E-state index contributed by atoms with van der Waals surface area (Å²) in [4.78, 5) is 25.3. The molecule has 0 bridgehead atoms. The molecule has 1 aliphatic rings. The van der Waals surface area contributed by atoms with Gasteiger partial charge in [-0.1, -0.05) is 6.07 Å². The van der Waals surface area contributed by atoms with E-state index < -0.39 is 11.6 Å². The molecule has 1 amide bonds. The molecule has 1 aliphatic heterocycles. The average molecular weight is 402 g/mol. The predicted octanol–water partition coefficient (Wildman–Crippen LogP) is 3.57. The van der Waals surface area contributed by atoms with Crippen molar-refractivity contribution >= 4 is 23.1 Å². The van der Waals surface area contributed by atoms with Crippen molar-refractivity contribution < 1.29 is 18.3 Å². The fraction of sp³-hybridized carbons (Fsp3) is 0.211. The first-order valence-corrected chi connectivity index (χ1v) is 9.51. The van der Waals surface area contributed by atoms with E-state index >= 15 is 0 Å². The van der Waals surface area contributed by atoms with Crippen LogP contribution in [-0.2, 0) is 0 Å². The van der Waals surface area contributed by atoms with Gasteiger partial charge in [0.05, 0.1) is 4.88 Å². The number of nitrogens with zero attached hydrogens (tertiary/aromatic N) is 4. The van der Waals surface area contributed by atoms with Crippen LogP contribution in [0.15, 0.2) is 48.1 Å². The van der Waals surface area contributed by atoms with Gasteiger partial charge in [0.25, 0.3) is 5.91 Å². The van der Waals surface area contributed by atoms with E-state index in [-0.39, 0.29) is 17.5 Å². The Morgan fingerprint density at radius 2 is 1.86 bits per heavy atom. The van der Waals surface area contributed by atoms with Gasteiger partial charge in [-0.3, -0.25) is 4.79 Å². The number of carbonyl (C=O) groups is 1. The van der Waals surface area contributed by atoms with Gasteiger partial charge in [0.15, 0.2) is 11.6 Å². The van der Waals surface area contributed by atoms with Gasteiger partial charge < -0.3 is 14.5 Å². The summed E-state index contributed by atoms with van der Waals surface area (Å²) >= 11 is 1.43. The number of benzene rings is 1. The van der Waals surface area contributed by atoms with Gasteiger partial charge in [-0.15, -0.1) is 11.3 Å². The molecule has 0 saturated carbocycles. The van der Waals surface area contributed by atoms with Crippen LogP contribution in [-0.4, -0.2) is 47.0 Å². The van der Waals surface area contributed by atoms with E-state index in [1.54, 1.807) is 6.07 Å². The zero-order chi connectivity index (χ0) is 19.5. The van der Waals surface area contributed by atoms with Crippen LogP contribution < -0.4 is 9.64 Å². The van der Waals surface area contributed by atoms with Crippen molar-refractivity contribution in [2.45, 2.75) is 0 Å². The number of thiophene rings is 1. The Bertz CT molecular complexity index is 976. The SMILES string of the molecule is O=C(c1cccs1)N1CCN(c2cc(Oc3ccc(F)c(F)c3)ncn2)CC1. The van der Waals surface area contributed by atoms with Gasteiger partial charge in [0.2, 0.25) is 5.88 Å². The predicted molar refractivity (Wildman–Crippen MR) is 101 cm³/mol. The van der Waals surface area contributed by atoms with Crippen molar-refractivity contribution in [1.82, 2.24) is 14.9 Å². The first-order valence-electron chi connectivity index (χ1n) is 8.63. The standard InChI is InChI=1S/C19H16F2N4O2S/c20-14-4-3-13(10-15(14)21)27-18-11-17(22-12-23-18)24-5-7-25(8-6-24)19(26)16-2-1-9-28-16/h1-4,9-12H,5-8H2. The quantitative estimate of drug-likeness (QED) is 0.668. The first kappa shape index (κ1) is 18.3. The number of anilines is 1. The third-order valence-electron chi connectivity index (χ3n) is 4.36. The first-order chi connectivity index (χ1) is 13.6.